The largest absolute Gasteiger partial charge is 0.508 e. The number of carbonyl (C=O) groups is 2. The summed E-state index contributed by atoms with van der Waals surface area (Å²) in [6, 6.07) is 21.0. The molecule has 0 saturated heterocycles. The maximum absolute atomic E-state index is 13.9. The molecule has 150 valence electrons. The van der Waals surface area contributed by atoms with Crippen LogP contribution in [-0.4, -0.2) is 16.9 Å². The van der Waals surface area contributed by atoms with Crippen molar-refractivity contribution in [2.45, 2.75) is 5.60 Å². The van der Waals surface area contributed by atoms with Crippen LogP contribution in [0, 0.1) is 5.92 Å². The van der Waals surface area contributed by atoms with Crippen molar-refractivity contribution in [3.8, 4) is 11.5 Å². The molecule has 5 nitrogen and oxygen atoms in total. The average Bonchev–Trinajstić information content (AvgIpc) is 3.08. The third-order valence-electron chi connectivity index (χ3n) is 6.13. The van der Waals surface area contributed by atoms with E-state index < -0.39 is 17.5 Å². The summed E-state index contributed by atoms with van der Waals surface area (Å²) in [5.41, 5.74) is 1.60. The van der Waals surface area contributed by atoms with Crippen LogP contribution >= 0.6 is 0 Å². The number of esters is 1. The van der Waals surface area contributed by atoms with E-state index in [9.17, 15) is 14.7 Å². The molecule has 0 amide bonds. The number of ether oxygens (including phenoxy) is 2. The van der Waals surface area contributed by atoms with Crippen LogP contribution in [0.15, 0.2) is 90.7 Å². The number of fused-ring (bicyclic) bond motifs is 6. The zero-order valence-electron chi connectivity index (χ0n) is 16.2. The molecule has 0 aromatic heterocycles. The monoisotopic (exact) mass is 408 g/mol. The zero-order valence-corrected chi connectivity index (χ0v) is 16.2. The van der Waals surface area contributed by atoms with Gasteiger partial charge in [0.2, 0.25) is 0 Å². The van der Waals surface area contributed by atoms with Gasteiger partial charge >= 0.3 is 5.97 Å². The van der Waals surface area contributed by atoms with E-state index in [0.29, 0.717) is 39.3 Å². The van der Waals surface area contributed by atoms with Gasteiger partial charge in [0, 0.05) is 16.7 Å². The first kappa shape index (κ1) is 17.7. The number of phenolic OH excluding ortho intramolecular Hbond substituents is 1. The number of carbonyl (C=O) groups excluding carboxylic acids is 2. The van der Waals surface area contributed by atoms with Crippen molar-refractivity contribution in [2.24, 2.45) is 5.92 Å². The van der Waals surface area contributed by atoms with E-state index in [1.807, 2.05) is 36.4 Å². The molecule has 1 spiro atoms. The lowest BCUT2D eigenvalue weighted by Gasteiger charge is -2.43. The second-order valence-corrected chi connectivity index (χ2v) is 7.76. The third kappa shape index (κ3) is 2.31. The van der Waals surface area contributed by atoms with Crippen LogP contribution in [0.25, 0.3) is 5.57 Å². The van der Waals surface area contributed by atoms with Crippen LogP contribution in [0.3, 0.4) is 0 Å². The molecule has 6 rings (SSSR count). The first-order valence-electron chi connectivity index (χ1n) is 9.95. The lowest BCUT2D eigenvalue weighted by molar-refractivity contribution is -0.124. The molecule has 1 aliphatic carbocycles. The predicted molar refractivity (Wildman–Crippen MR) is 112 cm³/mol. The summed E-state index contributed by atoms with van der Waals surface area (Å²) in [7, 11) is 0. The Balaban J connectivity index is 1.61. The molecule has 2 atom stereocenters. The molecule has 2 heterocycles. The SMILES string of the molecule is O=C1OC2(c3ccccc3OC3=CC=C(c4ccc(O)cc4)C(=O)C32)c2ccccc21. The van der Waals surface area contributed by atoms with Crippen molar-refractivity contribution >= 4 is 17.3 Å². The first-order valence-corrected chi connectivity index (χ1v) is 9.95. The Morgan fingerprint density at radius 3 is 2.32 bits per heavy atom. The van der Waals surface area contributed by atoms with E-state index in [2.05, 4.69) is 0 Å². The van der Waals surface area contributed by atoms with Gasteiger partial charge in [-0.3, -0.25) is 4.79 Å². The summed E-state index contributed by atoms with van der Waals surface area (Å²) in [5.74, 6) is -0.403. The van der Waals surface area contributed by atoms with Crippen molar-refractivity contribution in [1.29, 1.82) is 0 Å². The number of allylic oxidation sites excluding steroid dienone is 3. The molecule has 31 heavy (non-hydrogen) atoms. The average molecular weight is 408 g/mol. The van der Waals surface area contributed by atoms with Gasteiger partial charge in [0.15, 0.2) is 11.4 Å². The highest BCUT2D eigenvalue weighted by Crippen LogP contribution is 2.57. The minimum absolute atomic E-state index is 0.119. The smallest absolute Gasteiger partial charge is 0.339 e. The van der Waals surface area contributed by atoms with Crippen LogP contribution < -0.4 is 4.74 Å². The van der Waals surface area contributed by atoms with Crippen molar-refractivity contribution in [3.05, 3.63) is 113 Å². The Hall–Kier alpha value is -4.12. The van der Waals surface area contributed by atoms with Crippen molar-refractivity contribution in [2.75, 3.05) is 0 Å². The Bertz CT molecular complexity index is 1330. The fraction of sp³-hybridized carbons (Fsp3) is 0.0769. The van der Waals surface area contributed by atoms with E-state index in [4.69, 9.17) is 9.47 Å². The molecule has 5 heteroatoms. The second kappa shape index (κ2) is 6.19. The Morgan fingerprint density at radius 2 is 1.52 bits per heavy atom. The van der Waals surface area contributed by atoms with Crippen LogP contribution in [0.4, 0.5) is 0 Å². The van der Waals surface area contributed by atoms with Crippen LogP contribution in [0.5, 0.6) is 11.5 Å². The number of ketones is 1. The minimum Gasteiger partial charge on any atom is -0.508 e. The molecular formula is C26H16O5. The highest BCUT2D eigenvalue weighted by molar-refractivity contribution is 6.24. The van der Waals surface area contributed by atoms with Gasteiger partial charge in [-0.25, -0.2) is 4.79 Å². The summed E-state index contributed by atoms with van der Waals surface area (Å²) in [6.45, 7) is 0. The summed E-state index contributed by atoms with van der Waals surface area (Å²) < 4.78 is 12.2. The molecule has 3 aromatic rings. The van der Waals surface area contributed by atoms with E-state index in [1.165, 1.54) is 12.1 Å². The first-order chi connectivity index (χ1) is 15.1. The molecule has 0 radical (unpaired) electrons. The van der Waals surface area contributed by atoms with Crippen LogP contribution in [0.2, 0.25) is 0 Å². The molecule has 1 N–H and O–H groups in total. The summed E-state index contributed by atoms with van der Waals surface area (Å²) in [5, 5.41) is 9.63. The maximum Gasteiger partial charge on any atom is 0.339 e. The Labute approximate surface area is 177 Å². The van der Waals surface area contributed by atoms with Gasteiger partial charge in [0.25, 0.3) is 0 Å². The van der Waals surface area contributed by atoms with E-state index in [1.54, 1.807) is 36.4 Å². The van der Waals surface area contributed by atoms with E-state index in [0.717, 1.165) is 0 Å². The van der Waals surface area contributed by atoms with Gasteiger partial charge in [0.05, 0.1) is 5.56 Å². The van der Waals surface area contributed by atoms with Crippen molar-refractivity contribution < 1.29 is 24.2 Å². The van der Waals surface area contributed by atoms with Gasteiger partial charge in [-0.2, -0.15) is 0 Å². The number of aromatic hydroxyl groups is 1. The van der Waals surface area contributed by atoms with E-state index >= 15 is 0 Å². The maximum atomic E-state index is 13.9. The summed E-state index contributed by atoms with van der Waals surface area (Å²) in [4.78, 5) is 26.8. The number of Topliss-reactive ketones (excluding diaryl/α,β-unsaturated/α-hetero) is 1. The standard InChI is InChI=1S/C26H16O5/c27-16-11-9-15(10-12-16)17-13-14-22-23(24(17)28)26(20-7-3-4-8-21(20)30-22)19-6-2-1-5-18(19)25(29)31-26/h1-14,23,27H. The number of hydrogen-bond acceptors (Lipinski definition) is 5. The predicted octanol–water partition coefficient (Wildman–Crippen LogP) is 4.37. The number of hydrogen-bond donors (Lipinski definition) is 1. The molecule has 0 bridgehead atoms. The minimum atomic E-state index is -1.30. The highest BCUT2D eigenvalue weighted by Gasteiger charge is 2.61. The number of para-hydroxylation sites is 1. The summed E-state index contributed by atoms with van der Waals surface area (Å²) in [6.07, 6.45) is 3.48. The fourth-order valence-corrected chi connectivity index (χ4v) is 4.79. The highest BCUT2D eigenvalue weighted by atomic mass is 16.6. The lowest BCUT2D eigenvalue weighted by atomic mass is 9.68. The Morgan fingerprint density at radius 1 is 0.806 bits per heavy atom. The summed E-state index contributed by atoms with van der Waals surface area (Å²) >= 11 is 0. The molecule has 0 saturated carbocycles. The molecule has 2 aliphatic heterocycles. The van der Waals surface area contributed by atoms with E-state index in [-0.39, 0.29) is 11.5 Å². The van der Waals surface area contributed by atoms with Crippen molar-refractivity contribution in [3.63, 3.8) is 0 Å². The third-order valence-corrected chi connectivity index (χ3v) is 6.13. The molecule has 0 fully saturated rings. The number of phenols is 1. The number of benzene rings is 3. The normalized spacial score (nSPS) is 23.2. The van der Waals surface area contributed by atoms with Crippen molar-refractivity contribution in [1.82, 2.24) is 0 Å². The lowest BCUT2D eigenvalue weighted by Crippen LogP contribution is -2.47. The molecule has 2 unspecified atom stereocenters. The Kier molecular flexibility index (Phi) is 3.54. The van der Waals surface area contributed by atoms with Crippen LogP contribution in [0.1, 0.15) is 27.0 Å². The van der Waals surface area contributed by atoms with Crippen LogP contribution in [-0.2, 0) is 15.1 Å². The van der Waals surface area contributed by atoms with Gasteiger partial charge in [0.1, 0.15) is 23.2 Å². The fourth-order valence-electron chi connectivity index (χ4n) is 4.79. The van der Waals surface area contributed by atoms with Gasteiger partial charge in [-0.15, -0.1) is 0 Å². The molecule has 3 aliphatic rings. The topological polar surface area (TPSA) is 72.8 Å². The van der Waals surface area contributed by atoms with Gasteiger partial charge < -0.3 is 14.6 Å². The zero-order chi connectivity index (χ0) is 21.2. The quantitative estimate of drug-likeness (QED) is 0.606. The number of rotatable bonds is 1. The van der Waals surface area contributed by atoms with Gasteiger partial charge in [-0.05, 0) is 42.0 Å². The molecular weight excluding hydrogens is 392 g/mol. The molecule has 3 aromatic carbocycles. The van der Waals surface area contributed by atoms with Gasteiger partial charge in [-0.1, -0.05) is 48.5 Å². The second-order valence-electron chi connectivity index (χ2n) is 7.76.